The van der Waals surface area contributed by atoms with Gasteiger partial charge in [-0.15, -0.1) is 0 Å². The monoisotopic (exact) mass is 395 g/mol. The van der Waals surface area contributed by atoms with Crippen molar-refractivity contribution in [3.63, 3.8) is 0 Å². The quantitative estimate of drug-likeness (QED) is 0.586. The van der Waals surface area contributed by atoms with Crippen LogP contribution in [0.2, 0.25) is 0 Å². The Morgan fingerprint density at radius 2 is 0.917 bits per heavy atom. The number of piperazine rings is 3. The summed E-state index contributed by atoms with van der Waals surface area (Å²) in [6, 6.07) is 0. The zero-order chi connectivity index (χ0) is 8.10. The maximum absolute atomic E-state index is 4.88. The SMILES string of the molecule is C1CN2CCN1CC2.O.[Cl][Pt][Cl]. The molecule has 3 nitrogen and oxygen atoms in total. The van der Waals surface area contributed by atoms with Crippen molar-refractivity contribution in [1.82, 2.24) is 9.80 Å². The minimum absolute atomic E-state index is 0. The van der Waals surface area contributed by atoms with Crippen LogP contribution in [0.5, 0.6) is 0 Å². The number of nitrogens with zero attached hydrogens (tertiary/aromatic N) is 2. The molecule has 2 N–H and O–H groups in total. The van der Waals surface area contributed by atoms with Gasteiger partial charge in [-0.1, -0.05) is 0 Å². The molecule has 0 unspecified atom stereocenters. The fourth-order valence-corrected chi connectivity index (χ4v) is 1.52. The van der Waals surface area contributed by atoms with Gasteiger partial charge in [-0.2, -0.15) is 0 Å². The Labute approximate surface area is 89.7 Å². The number of fused-ring (bicyclic) bond motifs is 3. The van der Waals surface area contributed by atoms with Crippen molar-refractivity contribution >= 4 is 18.8 Å². The summed E-state index contributed by atoms with van der Waals surface area (Å²) in [5.41, 5.74) is 0. The van der Waals surface area contributed by atoms with Gasteiger partial charge in [0, 0.05) is 39.3 Å². The minimum atomic E-state index is -0.472. The second-order valence-corrected chi connectivity index (χ2v) is 6.01. The van der Waals surface area contributed by atoms with Gasteiger partial charge in [0.05, 0.1) is 0 Å². The van der Waals surface area contributed by atoms with Crippen LogP contribution in [0.25, 0.3) is 0 Å². The summed E-state index contributed by atoms with van der Waals surface area (Å²) >= 11 is -0.472. The number of halogens is 2. The molecule has 0 amide bonds. The van der Waals surface area contributed by atoms with Crippen LogP contribution in [0.4, 0.5) is 0 Å². The Morgan fingerprint density at radius 3 is 1.00 bits per heavy atom. The molecule has 0 aromatic rings. The summed E-state index contributed by atoms with van der Waals surface area (Å²) in [5, 5.41) is 0. The first-order valence-corrected chi connectivity index (χ1v) is 9.27. The van der Waals surface area contributed by atoms with Crippen LogP contribution < -0.4 is 0 Å². The third-order valence-corrected chi connectivity index (χ3v) is 2.20. The van der Waals surface area contributed by atoms with Crippen LogP contribution in [0.3, 0.4) is 0 Å². The number of hydrogen-bond donors (Lipinski definition) is 0. The summed E-state index contributed by atoms with van der Waals surface area (Å²) in [4.78, 5) is 5.08. The van der Waals surface area contributed by atoms with E-state index in [4.69, 9.17) is 18.8 Å². The summed E-state index contributed by atoms with van der Waals surface area (Å²) in [6.45, 7) is 7.92. The van der Waals surface area contributed by atoms with Crippen LogP contribution in [0.1, 0.15) is 0 Å². The topological polar surface area (TPSA) is 38.0 Å². The maximum atomic E-state index is 4.88. The molecule has 0 aliphatic carbocycles. The van der Waals surface area contributed by atoms with Crippen LogP contribution >= 0.6 is 18.8 Å². The Balaban J connectivity index is 0.000000272. The Kier molecular flexibility index (Phi) is 8.26. The Morgan fingerprint density at radius 1 is 0.750 bits per heavy atom. The van der Waals surface area contributed by atoms with Crippen molar-refractivity contribution in [2.75, 3.05) is 39.3 Å². The molecule has 3 aliphatic heterocycles. The van der Waals surface area contributed by atoms with Crippen molar-refractivity contribution in [2.24, 2.45) is 0 Å². The van der Waals surface area contributed by atoms with E-state index in [9.17, 15) is 0 Å². The molecule has 6 heteroatoms. The van der Waals surface area contributed by atoms with Gasteiger partial charge in [-0.25, -0.2) is 0 Å². The van der Waals surface area contributed by atoms with E-state index in [0.717, 1.165) is 0 Å². The molecule has 0 spiro atoms. The first-order chi connectivity index (χ1) is 5.36. The normalized spacial score (nSPS) is 31.8. The molecule has 3 aliphatic rings. The molecule has 0 radical (unpaired) electrons. The van der Waals surface area contributed by atoms with Gasteiger partial charge in [-0.3, -0.25) is 9.80 Å². The van der Waals surface area contributed by atoms with Crippen LogP contribution in [0.15, 0.2) is 0 Å². The molecule has 3 heterocycles. The predicted octanol–water partition coefficient (Wildman–Crippen LogP) is 0.169. The van der Waals surface area contributed by atoms with Gasteiger partial charge < -0.3 is 5.48 Å². The van der Waals surface area contributed by atoms with E-state index in [2.05, 4.69) is 9.80 Å². The molecule has 0 saturated carbocycles. The van der Waals surface area contributed by atoms with E-state index in [1.165, 1.54) is 39.3 Å². The van der Waals surface area contributed by atoms with Crippen molar-refractivity contribution in [1.29, 1.82) is 0 Å². The zero-order valence-electron chi connectivity index (χ0n) is 6.71. The molecule has 0 aromatic carbocycles. The van der Waals surface area contributed by atoms with Crippen molar-refractivity contribution in [3.8, 4) is 0 Å². The van der Waals surface area contributed by atoms with Crippen molar-refractivity contribution in [2.45, 2.75) is 0 Å². The van der Waals surface area contributed by atoms with E-state index >= 15 is 0 Å². The van der Waals surface area contributed by atoms with Gasteiger partial charge >= 0.3 is 35.3 Å². The molecule has 0 aromatic heterocycles. The average molecular weight is 396 g/mol. The van der Waals surface area contributed by atoms with E-state index < -0.39 is 16.5 Å². The van der Waals surface area contributed by atoms with Crippen LogP contribution in [0, 0.1) is 0 Å². The Hall–Kier alpha value is 1.15. The Bertz CT molecular complexity index is 88.7. The number of rotatable bonds is 0. The first kappa shape index (κ1) is 13.1. The molecule has 78 valence electrons. The summed E-state index contributed by atoms with van der Waals surface area (Å²) in [5.74, 6) is 0. The fourth-order valence-electron chi connectivity index (χ4n) is 1.52. The molecule has 3 rings (SSSR count). The molecule has 3 fully saturated rings. The molecular weight excluding hydrogens is 382 g/mol. The van der Waals surface area contributed by atoms with Crippen molar-refractivity contribution in [3.05, 3.63) is 0 Å². The van der Waals surface area contributed by atoms with Gasteiger partial charge in [0.15, 0.2) is 0 Å². The average Bonchev–Trinajstić information content (AvgIpc) is 2.09. The van der Waals surface area contributed by atoms with Gasteiger partial charge in [0.2, 0.25) is 0 Å². The van der Waals surface area contributed by atoms with Gasteiger partial charge in [0.1, 0.15) is 0 Å². The second kappa shape index (κ2) is 7.54. The fraction of sp³-hybridized carbons (Fsp3) is 1.00. The predicted molar refractivity (Wildman–Crippen MR) is 48.2 cm³/mol. The van der Waals surface area contributed by atoms with Gasteiger partial charge in [0.25, 0.3) is 0 Å². The van der Waals surface area contributed by atoms with Crippen LogP contribution in [-0.2, 0) is 16.5 Å². The molecule has 12 heavy (non-hydrogen) atoms. The summed E-state index contributed by atoms with van der Waals surface area (Å²) in [6.07, 6.45) is 0. The summed E-state index contributed by atoms with van der Waals surface area (Å²) in [7, 11) is 9.75. The third kappa shape index (κ3) is 4.40. The second-order valence-electron chi connectivity index (χ2n) is 2.73. The standard InChI is InChI=1S/C6H12N2.2ClH.H2O.Pt/c1-2-8-5-3-7(1)4-6-8;;;;/h1-6H2;2*1H;1H2;/q;;;;+2/p-2. The van der Waals surface area contributed by atoms with E-state index in [1.807, 2.05) is 0 Å². The molecule has 0 atom stereocenters. The third-order valence-electron chi connectivity index (χ3n) is 2.20. The number of hydrogen-bond acceptors (Lipinski definition) is 2. The van der Waals surface area contributed by atoms with Crippen LogP contribution in [-0.4, -0.2) is 54.5 Å². The first-order valence-electron chi connectivity index (χ1n) is 3.64. The van der Waals surface area contributed by atoms with E-state index in [1.54, 1.807) is 0 Å². The van der Waals surface area contributed by atoms with Gasteiger partial charge in [-0.05, 0) is 0 Å². The molecule has 2 bridgehead atoms. The molecule has 3 saturated heterocycles. The van der Waals surface area contributed by atoms with Crippen molar-refractivity contribution < 1.29 is 22.0 Å². The summed E-state index contributed by atoms with van der Waals surface area (Å²) < 4.78 is 0. The molecular formula is C6H14Cl2N2OPt. The van der Waals surface area contributed by atoms with E-state index in [-0.39, 0.29) is 5.48 Å². The van der Waals surface area contributed by atoms with E-state index in [0.29, 0.717) is 0 Å². The zero-order valence-corrected chi connectivity index (χ0v) is 10.5.